The van der Waals surface area contributed by atoms with E-state index >= 15 is 0 Å². The van der Waals surface area contributed by atoms with Crippen molar-refractivity contribution in [1.82, 2.24) is 14.7 Å². The fourth-order valence-electron chi connectivity index (χ4n) is 3.92. The smallest absolute Gasteiger partial charge is 0.257 e. The molecule has 0 saturated carbocycles. The van der Waals surface area contributed by atoms with Gasteiger partial charge >= 0.3 is 0 Å². The Bertz CT molecular complexity index is 1580. The molecule has 3 N–H and O–H groups in total. The van der Waals surface area contributed by atoms with E-state index in [1.54, 1.807) is 76.2 Å². The first-order valence-electron chi connectivity index (χ1n) is 10.9. The molecule has 0 unspecified atom stereocenters. The third-order valence-electron chi connectivity index (χ3n) is 5.17. The van der Waals surface area contributed by atoms with Crippen molar-refractivity contribution in [3.05, 3.63) is 77.6 Å². The number of nitriles is 1. The number of nitrogens with zero attached hydrogens (tertiary/aromatic N) is 2. The summed E-state index contributed by atoms with van der Waals surface area (Å²) in [6.45, 7) is 7.00. The third kappa shape index (κ3) is 4.94. The first-order chi connectivity index (χ1) is 16.5. The maximum absolute atomic E-state index is 13.3. The lowest BCUT2D eigenvalue weighted by molar-refractivity contribution is 0.102. The molecule has 1 amide bonds. The Labute approximate surface area is 204 Å². The molecule has 0 aliphatic heterocycles. The van der Waals surface area contributed by atoms with Gasteiger partial charge in [0.1, 0.15) is 11.9 Å². The highest BCUT2D eigenvalue weighted by atomic mass is 32.2. The molecule has 1 aromatic heterocycles. The molecule has 35 heavy (non-hydrogen) atoms. The van der Waals surface area contributed by atoms with Crippen LogP contribution in [-0.2, 0) is 10.0 Å². The van der Waals surface area contributed by atoms with Gasteiger partial charge in [-0.3, -0.25) is 4.79 Å². The second kappa shape index (κ2) is 8.98. The van der Waals surface area contributed by atoms with Crippen molar-refractivity contribution in [3.8, 4) is 17.2 Å². The summed E-state index contributed by atoms with van der Waals surface area (Å²) in [4.78, 5) is 20.9. The van der Waals surface area contributed by atoms with Crippen LogP contribution < -0.4 is 10.0 Å². The molecule has 0 aliphatic carbocycles. The number of fused-ring (bicyclic) bond motifs is 1. The van der Waals surface area contributed by atoms with Crippen LogP contribution in [0, 0.1) is 18.3 Å². The van der Waals surface area contributed by atoms with Gasteiger partial charge in [0.15, 0.2) is 0 Å². The minimum atomic E-state index is -3.96. The largest absolute Gasteiger partial charge is 0.342 e. The van der Waals surface area contributed by atoms with Crippen LogP contribution in [0.2, 0.25) is 0 Å². The summed E-state index contributed by atoms with van der Waals surface area (Å²) in [7, 11) is -3.96. The van der Waals surface area contributed by atoms with E-state index in [-0.39, 0.29) is 27.1 Å². The number of sulfonamides is 1. The number of aromatic amines is 1. The number of aryl methyl sites for hydroxylation is 1. The van der Waals surface area contributed by atoms with Crippen LogP contribution in [0.1, 0.15) is 42.5 Å². The third-order valence-corrected chi connectivity index (χ3v) is 6.99. The van der Waals surface area contributed by atoms with Crippen LogP contribution in [0.5, 0.6) is 0 Å². The molecule has 178 valence electrons. The van der Waals surface area contributed by atoms with Gasteiger partial charge in [-0.2, -0.15) is 5.26 Å². The highest BCUT2D eigenvalue weighted by Crippen LogP contribution is 2.37. The number of hydrogen-bond donors (Lipinski definition) is 3. The lowest BCUT2D eigenvalue weighted by Crippen LogP contribution is -2.40. The van der Waals surface area contributed by atoms with Crippen LogP contribution in [0.15, 0.2) is 65.6 Å². The molecule has 8 nitrogen and oxygen atoms in total. The zero-order valence-corrected chi connectivity index (χ0v) is 20.6. The fourth-order valence-corrected chi connectivity index (χ4v) is 5.55. The molecule has 4 aromatic rings. The number of hydrogen-bond acceptors (Lipinski definition) is 5. The number of H-pyrrole nitrogens is 1. The number of carbonyl (C=O) groups excluding carboxylic acids is 1. The lowest BCUT2D eigenvalue weighted by atomic mass is 9.94. The van der Waals surface area contributed by atoms with E-state index in [9.17, 15) is 18.5 Å². The van der Waals surface area contributed by atoms with E-state index in [1.165, 1.54) is 6.07 Å². The first kappa shape index (κ1) is 24.1. The highest BCUT2D eigenvalue weighted by molar-refractivity contribution is 7.89. The summed E-state index contributed by atoms with van der Waals surface area (Å²) in [6, 6.07) is 19.0. The Kier molecular flexibility index (Phi) is 6.19. The minimum Gasteiger partial charge on any atom is -0.342 e. The maximum atomic E-state index is 13.3. The molecular formula is C26H25N5O3S. The number of anilines is 1. The Balaban J connectivity index is 1.99. The summed E-state index contributed by atoms with van der Waals surface area (Å²) < 4.78 is 29.3. The molecule has 3 aromatic carbocycles. The van der Waals surface area contributed by atoms with E-state index in [4.69, 9.17) is 0 Å². The average molecular weight is 488 g/mol. The number of benzene rings is 3. The van der Waals surface area contributed by atoms with E-state index in [2.05, 4.69) is 26.1 Å². The Morgan fingerprint density at radius 3 is 2.37 bits per heavy atom. The number of aromatic nitrogens is 2. The SMILES string of the molecule is Cc1nc2c(-c3ccccc3S(=O)(=O)NC(C)(C)C)c(C#N)c(C(=O)Nc3ccccc3)cc2[nH]1. The van der Waals surface area contributed by atoms with E-state index in [1.807, 2.05) is 6.07 Å². The van der Waals surface area contributed by atoms with Crippen LogP contribution in [0.3, 0.4) is 0 Å². The molecule has 4 rings (SSSR count). The van der Waals surface area contributed by atoms with Crippen molar-refractivity contribution in [2.75, 3.05) is 5.32 Å². The zero-order chi connectivity index (χ0) is 25.4. The summed E-state index contributed by atoms with van der Waals surface area (Å²) in [5, 5.41) is 13.0. The van der Waals surface area contributed by atoms with Crippen molar-refractivity contribution in [1.29, 1.82) is 5.26 Å². The monoisotopic (exact) mass is 487 g/mol. The maximum Gasteiger partial charge on any atom is 0.257 e. The predicted molar refractivity (Wildman–Crippen MR) is 135 cm³/mol. The molecule has 0 spiro atoms. The van der Waals surface area contributed by atoms with Gasteiger partial charge in [-0.25, -0.2) is 18.1 Å². The number of carbonyl (C=O) groups is 1. The summed E-state index contributed by atoms with van der Waals surface area (Å²) in [6.07, 6.45) is 0. The van der Waals surface area contributed by atoms with Gasteiger partial charge in [0, 0.05) is 22.4 Å². The quantitative estimate of drug-likeness (QED) is 0.375. The Morgan fingerprint density at radius 1 is 1.06 bits per heavy atom. The number of imidazole rings is 1. The van der Waals surface area contributed by atoms with Gasteiger partial charge in [-0.15, -0.1) is 0 Å². The molecule has 0 fully saturated rings. The topological polar surface area (TPSA) is 128 Å². The number of nitrogens with one attached hydrogen (secondary N) is 3. The van der Waals surface area contributed by atoms with E-state index < -0.39 is 21.5 Å². The van der Waals surface area contributed by atoms with Crippen LogP contribution in [-0.4, -0.2) is 29.8 Å². The molecule has 0 saturated heterocycles. The second-order valence-corrected chi connectivity index (χ2v) is 10.8. The van der Waals surface area contributed by atoms with Gasteiger partial charge in [0.2, 0.25) is 10.0 Å². The van der Waals surface area contributed by atoms with Crippen molar-refractivity contribution in [3.63, 3.8) is 0 Å². The number of amides is 1. The van der Waals surface area contributed by atoms with Crippen LogP contribution in [0.4, 0.5) is 5.69 Å². The standard InChI is InChI=1S/C26H25N5O3S/c1-16-28-21-14-19(25(32)30-17-10-6-5-7-11-17)20(15-27)23(24(21)29-16)18-12-8-9-13-22(18)35(33,34)31-26(2,3)4/h5-14,31H,1-4H3,(H,28,29)(H,30,32). The number of para-hydroxylation sites is 1. The lowest BCUT2D eigenvalue weighted by Gasteiger charge is -2.22. The van der Waals surface area contributed by atoms with Gasteiger partial charge < -0.3 is 10.3 Å². The Hall–Kier alpha value is -4.00. The normalized spacial score (nSPS) is 11.9. The van der Waals surface area contributed by atoms with Gasteiger partial charge in [-0.05, 0) is 52.0 Å². The van der Waals surface area contributed by atoms with Crippen LogP contribution in [0.25, 0.3) is 22.2 Å². The zero-order valence-electron chi connectivity index (χ0n) is 19.8. The molecule has 0 atom stereocenters. The van der Waals surface area contributed by atoms with Crippen molar-refractivity contribution in [2.24, 2.45) is 0 Å². The van der Waals surface area contributed by atoms with E-state index in [0.717, 1.165) is 0 Å². The Morgan fingerprint density at radius 2 is 1.71 bits per heavy atom. The van der Waals surface area contributed by atoms with Gasteiger partial charge in [0.05, 0.1) is 27.1 Å². The van der Waals surface area contributed by atoms with Crippen molar-refractivity contribution >= 4 is 32.7 Å². The summed E-state index contributed by atoms with van der Waals surface area (Å²) in [5.41, 5.74) is 1.49. The molecule has 0 radical (unpaired) electrons. The fraction of sp³-hybridized carbons (Fsp3) is 0.192. The molecular weight excluding hydrogens is 462 g/mol. The summed E-state index contributed by atoms with van der Waals surface area (Å²) in [5.74, 6) is 0.0789. The van der Waals surface area contributed by atoms with Crippen molar-refractivity contribution in [2.45, 2.75) is 38.1 Å². The number of rotatable bonds is 5. The molecule has 9 heteroatoms. The predicted octanol–water partition coefficient (Wildman–Crippen LogP) is 4.74. The van der Waals surface area contributed by atoms with Gasteiger partial charge in [0.25, 0.3) is 5.91 Å². The van der Waals surface area contributed by atoms with E-state index in [0.29, 0.717) is 22.5 Å². The molecule has 0 aliphatic rings. The molecule has 1 heterocycles. The minimum absolute atomic E-state index is 0.00556. The molecule has 0 bridgehead atoms. The first-order valence-corrected chi connectivity index (χ1v) is 12.4. The summed E-state index contributed by atoms with van der Waals surface area (Å²) >= 11 is 0. The second-order valence-electron chi connectivity index (χ2n) is 9.18. The average Bonchev–Trinajstić information content (AvgIpc) is 3.16. The van der Waals surface area contributed by atoms with Gasteiger partial charge in [-0.1, -0.05) is 36.4 Å². The highest BCUT2D eigenvalue weighted by Gasteiger charge is 2.29. The van der Waals surface area contributed by atoms with Crippen molar-refractivity contribution < 1.29 is 13.2 Å². The van der Waals surface area contributed by atoms with Crippen LogP contribution >= 0.6 is 0 Å².